The predicted molar refractivity (Wildman–Crippen MR) is 58.3 cm³/mol. The number of aryl methyl sites for hydroxylation is 1. The summed E-state index contributed by atoms with van der Waals surface area (Å²) in [6.07, 6.45) is -2.33. The van der Waals surface area contributed by atoms with Gasteiger partial charge < -0.3 is 10.6 Å². The molecule has 1 aromatic carbocycles. The first-order valence-electron chi connectivity index (χ1n) is 4.83. The molecular formula is C11H16F2N2. The molecule has 0 fully saturated rings. The van der Waals surface area contributed by atoms with Gasteiger partial charge in [0.15, 0.2) is 0 Å². The fourth-order valence-corrected chi connectivity index (χ4v) is 1.56. The van der Waals surface area contributed by atoms with Gasteiger partial charge in [-0.05, 0) is 18.6 Å². The van der Waals surface area contributed by atoms with E-state index in [1.807, 2.05) is 25.1 Å². The Morgan fingerprint density at radius 1 is 1.40 bits per heavy atom. The lowest BCUT2D eigenvalue weighted by molar-refractivity contribution is 0.156. The molecule has 1 aromatic rings. The number of benzene rings is 1. The van der Waals surface area contributed by atoms with Gasteiger partial charge in [-0.25, -0.2) is 8.78 Å². The van der Waals surface area contributed by atoms with Crippen LogP contribution >= 0.6 is 0 Å². The summed E-state index contributed by atoms with van der Waals surface area (Å²) >= 11 is 0. The minimum Gasteiger partial charge on any atom is -0.369 e. The molecule has 15 heavy (non-hydrogen) atoms. The van der Waals surface area contributed by atoms with E-state index in [0.29, 0.717) is 6.54 Å². The number of alkyl halides is 2. The molecule has 0 aliphatic heterocycles. The van der Waals surface area contributed by atoms with Crippen molar-refractivity contribution in [2.75, 3.05) is 18.5 Å². The number of anilines is 1. The Kier molecular flexibility index (Phi) is 4.03. The summed E-state index contributed by atoms with van der Waals surface area (Å²) < 4.78 is 24.4. The van der Waals surface area contributed by atoms with Gasteiger partial charge in [-0.15, -0.1) is 0 Å². The van der Waals surface area contributed by atoms with Gasteiger partial charge in [-0.1, -0.05) is 17.7 Å². The molecular weight excluding hydrogens is 198 g/mol. The molecule has 0 bridgehead atoms. The molecule has 2 nitrogen and oxygen atoms in total. The first-order chi connectivity index (χ1) is 7.04. The zero-order valence-electron chi connectivity index (χ0n) is 9.00. The quantitative estimate of drug-likeness (QED) is 0.832. The molecule has 0 unspecified atom stereocenters. The van der Waals surface area contributed by atoms with Crippen molar-refractivity contribution in [1.82, 2.24) is 0 Å². The molecule has 0 spiro atoms. The highest BCUT2D eigenvalue weighted by Crippen LogP contribution is 2.21. The van der Waals surface area contributed by atoms with E-state index in [1.165, 1.54) is 4.90 Å². The monoisotopic (exact) mass is 214 g/mol. The van der Waals surface area contributed by atoms with E-state index in [4.69, 9.17) is 5.73 Å². The summed E-state index contributed by atoms with van der Waals surface area (Å²) in [4.78, 5) is 1.53. The minimum absolute atomic E-state index is 0.268. The van der Waals surface area contributed by atoms with Gasteiger partial charge in [-0.2, -0.15) is 0 Å². The Hall–Kier alpha value is -1.16. The Morgan fingerprint density at radius 3 is 2.60 bits per heavy atom. The van der Waals surface area contributed by atoms with Crippen molar-refractivity contribution < 1.29 is 8.78 Å². The fraction of sp³-hybridized carbons (Fsp3) is 0.455. The van der Waals surface area contributed by atoms with Crippen LogP contribution in [0.3, 0.4) is 0 Å². The molecule has 0 saturated heterocycles. The van der Waals surface area contributed by atoms with Crippen molar-refractivity contribution in [3.63, 3.8) is 0 Å². The third-order valence-corrected chi connectivity index (χ3v) is 2.28. The molecule has 0 aliphatic rings. The third kappa shape index (κ3) is 3.16. The normalized spacial score (nSPS) is 10.8. The summed E-state index contributed by atoms with van der Waals surface area (Å²) in [5, 5.41) is 0. The van der Waals surface area contributed by atoms with Crippen LogP contribution in [-0.2, 0) is 6.54 Å². The molecule has 0 aromatic heterocycles. The first-order valence-corrected chi connectivity index (χ1v) is 4.83. The smallest absolute Gasteiger partial charge is 0.255 e. The summed E-state index contributed by atoms with van der Waals surface area (Å²) in [7, 11) is 1.65. The van der Waals surface area contributed by atoms with E-state index in [-0.39, 0.29) is 6.54 Å². The maximum atomic E-state index is 12.2. The minimum atomic E-state index is -2.33. The van der Waals surface area contributed by atoms with Crippen LogP contribution in [0.4, 0.5) is 14.5 Å². The van der Waals surface area contributed by atoms with Crippen molar-refractivity contribution in [3.8, 4) is 0 Å². The number of nitrogens with zero attached hydrogens (tertiary/aromatic N) is 1. The summed E-state index contributed by atoms with van der Waals surface area (Å²) in [6.45, 7) is 2.05. The van der Waals surface area contributed by atoms with Gasteiger partial charge in [-0.3, -0.25) is 0 Å². The zero-order valence-corrected chi connectivity index (χ0v) is 9.00. The second kappa shape index (κ2) is 5.07. The van der Waals surface area contributed by atoms with Crippen LogP contribution in [0.1, 0.15) is 11.1 Å². The molecule has 0 atom stereocenters. The number of hydrogen-bond donors (Lipinski definition) is 1. The maximum Gasteiger partial charge on any atom is 0.255 e. The average Bonchev–Trinajstić information content (AvgIpc) is 2.16. The van der Waals surface area contributed by atoms with E-state index in [2.05, 4.69) is 0 Å². The van der Waals surface area contributed by atoms with Crippen molar-refractivity contribution in [3.05, 3.63) is 29.3 Å². The third-order valence-electron chi connectivity index (χ3n) is 2.28. The topological polar surface area (TPSA) is 29.3 Å². The Labute approximate surface area is 88.7 Å². The number of hydrogen-bond acceptors (Lipinski definition) is 2. The SMILES string of the molecule is Cc1ccc(N(C)CC(F)F)c(CN)c1. The molecule has 0 radical (unpaired) electrons. The van der Waals surface area contributed by atoms with Crippen molar-refractivity contribution in [2.24, 2.45) is 5.73 Å². The van der Waals surface area contributed by atoms with Crippen LogP contribution in [0.15, 0.2) is 18.2 Å². The van der Waals surface area contributed by atoms with E-state index in [0.717, 1.165) is 16.8 Å². The Balaban J connectivity index is 2.92. The lowest BCUT2D eigenvalue weighted by Crippen LogP contribution is -2.25. The lowest BCUT2D eigenvalue weighted by atomic mass is 10.1. The second-order valence-electron chi connectivity index (χ2n) is 3.61. The molecule has 0 aliphatic carbocycles. The van der Waals surface area contributed by atoms with Crippen LogP contribution in [0.25, 0.3) is 0 Å². The van der Waals surface area contributed by atoms with Gasteiger partial charge in [0.1, 0.15) is 0 Å². The van der Waals surface area contributed by atoms with Crippen LogP contribution < -0.4 is 10.6 Å². The van der Waals surface area contributed by atoms with Crippen molar-refractivity contribution in [1.29, 1.82) is 0 Å². The molecule has 1 rings (SSSR count). The molecule has 0 heterocycles. The second-order valence-corrected chi connectivity index (χ2v) is 3.61. The summed E-state index contributed by atoms with van der Waals surface area (Å²) in [6, 6.07) is 5.66. The van der Waals surface area contributed by atoms with Gasteiger partial charge >= 0.3 is 0 Å². The van der Waals surface area contributed by atoms with E-state index < -0.39 is 6.43 Å². The number of rotatable bonds is 4. The van der Waals surface area contributed by atoms with E-state index in [9.17, 15) is 8.78 Å². The number of nitrogens with two attached hydrogens (primary N) is 1. The molecule has 4 heteroatoms. The molecule has 84 valence electrons. The van der Waals surface area contributed by atoms with Gasteiger partial charge in [0, 0.05) is 19.3 Å². The van der Waals surface area contributed by atoms with Gasteiger partial charge in [0.25, 0.3) is 6.43 Å². The average molecular weight is 214 g/mol. The van der Waals surface area contributed by atoms with Crippen LogP contribution in [0.5, 0.6) is 0 Å². The Morgan fingerprint density at radius 2 is 2.07 bits per heavy atom. The number of halogens is 2. The van der Waals surface area contributed by atoms with Crippen LogP contribution in [0, 0.1) is 6.92 Å². The highest BCUT2D eigenvalue weighted by Gasteiger charge is 2.11. The van der Waals surface area contributed by atoms with Gasteiger partial charge in [0.2, 0.25) is 0 Å². The van der Waals surface area contributed by atoms with E-state index in [1.54, 1.807) is 7.05 Å². The van der Waals surface area contributed by atoms with E-state index >= 15 is 0 Å². The summed E-state index contributed by atoms with van der Waals surface area (Å²) in [5.41, 5.74) is 8.34. The fourth-order valence-electron chi connectivity index (χ4n) is 1.56. The van der Waals surface area contributed by atoms with Crippen LogP contribution in [-0.4, -0.2) is 20.0 Å². The maximum absolute atomic E-state index is 12.2. The largest absolute Gasteiger partial charge is 0.369 e. The molecule has 2 N–H and O–H groups in total. The highest BCUT2D eigenvalue weighted by atomic mass is 19.3. The van der Waals surface area contributed by atoms with Crippen LogP contribution in [0.2, 0.25) is 0 Å². The van der Waals surface area contributed by atoms with Crippen molar-refractivity contribution >= 4 is 5.69 Å². The molecule has 0 amide bonds. The molecule has 0 saturated carbocycles. The van der Waals surface area contributed by atoms with Crippen molar-refractivity contribution in [2.45, 2.75) is 19.9 Å². The van der Waals surface area contributed by atoms with Gasteiger partial charge in [0.05, 0.1) is 6.54 Å². The highest BCUT2D eigenvalue weighted by molar-refractivity contribution is 5.54. The first kappa shape index (κ1) is 11.9. The Bertz CT molecular complexity index is 326. The lowest BCUT2D eigenvalue weighted by Gasteiger charge is -2.22. The predicted octanol–water partition coefficient (Wildman–Crippen LogP) is 2.16. The summed E-state index contributed by atoms with van der Waals surface area (Å²) in [5.74, 6) is 0. The zero-order chi connectivity index (χ0) is 11.4. The standard InChI is InChI=1S/C11H16F2N2/c1-8-3-4-10(9(5-8)6-14)15(2)7-11(12)13/h3-5,11H,6-7,14H2,1-2H3.